The zero-order chi connectivity index (χ0) is 14.1. The third-order valence-corrected chi connectivity index (χ3v) is 4.94. The van der Waals surface area contributed by atoms with Crippen molar-refractivity contribution in [3.63, 3.8) is 0 Å². The van der Waals surface area contributed by atoms with Crippen LogP contribution < -0.4 is 11.1 Å². The number of nitrogen functional groups attached to an aromatic ring is 1. The Kier molecular flexibility index (Phi) is 3.42. The van der Waals surface area contributed by atoms with Crippen molar-refractivity contribution >= 4 is 44.4 Å². The van der Waals surface area contributed by atoms with Gasteiger partial charge in [0.05, 0.1) is 12.2 Å². The van der Waals surface area contributed by atoms with Gasteiger partial charge in [-0.2, -0.15) is 0 Å². The van der Waals surface area contributed by atoms with Crippen LogP contribution in [0.1, 0.15) is 20.2 Å². The first-order valence-corrected chi connectivity index (χ1v) is 7.80. The number of nitrogens with zero attached hydrogens (tertiary/aromatic N) is 1. The molecule has 0 fully saturated rings. The third kappa shape index (κ3) is 2.39. The smallest absolute Gasteiger partial charge is 0.263 e. The molecular weight excluding hydrogens is 290 g/mol. The topological polar surface area (TPSA) is 68.0 Å². The summed E-state index contributed by atoms with van der Waals surface area (Å²) in [6.45, 7) is 2.45. The lowest BCUT2D eigenvalue weighted by Gasteiger charge is -2.01. The number of fused-ring (bicyclic) bond motifs is 1. The molecule has 3 rings (SSSR count). The molecule has 0 radical (unpaired) electrons. The highest BCUT2D eigenvalue weighted by Crippen LogP contribution is 2.34. The maximum Gasteiger partial charge on any atom is 0.263 e. The van der Waals surface area contributed by atoms with Gasteiger partial charge in [-0.15, -0.1) is 22.7 Å². The second-order valence-electron chi connectivity index (χ2n) is 4.45. The number of benzene rings is 1. The summed E-state index contributed by atoms with van der Waals surface area (Å²) >= 11 is 2.94. The van der Waals surface area contributed by atoms with Gasteiger partial charge in [-0.3, -0.25) is 4.79 Å². The van der Waals surface area contributed by atoms with Gasteiger partial charge in [0.1, 0.15) is 9.88 Å². The van der Waals surface area contributed by atoms with Crippen LogP contribution in [0.3, 0.4) is 0 Å². The Bertz CT molecular complexity index is 762. The van der Waals surface area contributed by atoms with Gasteiger partial charge in [0.25, 0.3) is 5.91 Å². The number of nitrogens with one attached hydrogen (secondary N) is 1. The van der Waals surface area contributed by atoms with E-state index in [1.54, 1.807) is 6.20 Å². The van der Waals surface area contributed by atoms with Crippen LogP contribution in [0.4, 0.5) is 5.69 Å². The summed E-state index contributed by atoms with van der Waals surface area (Å²) < 4.78 is 1.03. The molecule has 2 aromatic heterocycles. The molecule has 2 heterocycles. The van der Waals surface area contributed by atoms with Gasteiger partial charge in [-0.1, -0.05) is 11.6 Å². The van der Waals surface area contributed by atoms with Crippen LogP contribution in [0, 0.1) is 6.92 Å². The average Bonchev–Trinajstić information content (AvgIpc) is 3.05. The van der Waals surface area contributed by atoms with E-state index in [1.165, 1.54) is 22.7 Å². The summed E-state index contributed by atoms with van der Waals surface area (Å²) in [5.74, 6) is -0.142. The minimum absolute atomic E-state index is 0.142. The Morgan fingerprint density at radius 2 is 2.30 bits per heavy atom. The molecule has 1 amide bonds. The van der Waals surface area contributed by atoms with Crippen molar-refractivity contribution in [2.24, 2.45) is 0 Å². The number of nitrogens with two attached hydrogens (primary N) is 1. The van der Waals surface area contributed by atoms with E-state index in [1.807, 2.05) is 30.5 Å². The van der Waals surface area contributed by atoms with E-state index in [0.29, 0.717) is 17.1 Å². The SMILES string of the molecule is Cc1ccc2sc(C(=O)NCc3nccs3)c(N)c2c1. The van der Waals surface area contributed by atoms with Crippen LogP contribution in [-0.2, 0) is 6.54 Å². The number of amides is 1. The Hall–Kier alpha value is -1.92. The third-order valence-electron chi connectivity index (χ3n) is 2.97. The quantitative estimate of drug-likeness (QED) is 0.781. The summed E-state index contributed by atoms with van der Waals surface area (Å²) in [6, 6.07) is 6.04. The maximum absolute atomic E-state index is 12.2. The zero-order valence-electron chi connectivity index (χ0n) is 10.8. The molecule has 0 aliphatic rings. The first-order chi connectivity index (χ1) is 9.65. The van der Waals surface area contributed by atoms with Crippen LogP contribution in [0.25, 0.3) is 10.1 Å². The standard InChI is InChI=1S/C14H13N3OS2/c1-8-2-3-10-9(6-8)12(15)13(20-10)14(18)17-7-11-16-4-5-19-11/h2-6H,7,15H2,1H3,(H,17,18). The number of anilines is 1. The van der Waals surface area contributed by atoms with Crippen molar-refractivity contribution in [3.05, 3.63) is 45.2 Å². The van der Waals surface area contributed by atoms with Gasteiger partial charge in [-0.25, -0.2) is 4.98 Å². The molecule has 102 valence electrons. The molecule has 0 saturated carbocycles. The fourth-order valence-corrected chi connectivity index (χ4v) is 3.55. The zero-order valence-corrected chi connectivity index (χ0v) is 12.5. The van der Waals surface area contributed by atoms with Crippen molar-refractivity contribution in [1.29, 1.82) is 0 Å². The fraction of sp³-hybridized carbons (Fsp3) is 0.143. The van der Waals surface area contributed by atoms with Crippen LogP contribution in [-0.4, -0.2) is 10.9 Å². The van der Waals surface area contributed by atoms with E-state index < -0.39 is 0 Å². The Morgan fingerprint density at radius 3 is 3.05 bits per heavy atom. The number of aryl methyl sites for hydroxylation is 1. The van der Waals surface area contributed by atoms with Crippen LogP contribution in [0.15, 0.2) is 29.8 Å². The van der Waals surface area contributed by atoms with Crippen molar-refractivity contribution < 1.29 is 4.79 Å². The molecule has 0 saturated heterocycles. The van der Waals surface area contributed by atoms with Crippen molar-refractivity contribution in [3.8, 4) is 0 Å². The van der Waals surface area contributed by atoms with Gasteiger partial charge in [0, 0.05) is 21.7 Å². The van der Waals surface area contributed by atoms with E-state index >= 15 is 0 Å². The Morgan fingerprint density at radius 1 is 1.45 bits per heavy atom. The van der Waals surface area contributed by atoms with Crippen molar-refractivity contribution in [2.75, 3.05) is 5.73 Å². The van der Waals surface area contributed by atoms with Gasteiger partial charge >= 0.3 is 0 Å². The first-order valence-electron chi connectivity index (χ1n) is 6.10. The average molecular weight is 303 g/mol. The normalized spacial score (nSPS) is 10.8. The minimum Gasteiger partial charge on any atom is -0.397 e. The molecule has 20 heavy (non-hydrogen) atoms. The lowest BCUT2D eigenvalue weighted by Crippen LogP contribution is -2.22. The summed E-state index contributed by atoms with van der Waals surface area (Å²) in [5, 5.41) is 6.58. The molecule has 4 nitrogen and oxygen atoms in total. The lowest BCUT2D eigenvalue weighted by molar-refractivity contribution is 0.0956. The second kappa shape index (κ2) is 5.22. The summed E-state index contributed by atoms with van der Waals surface area (Å²) in [6.07, 6.45) is 1.72. The van der Waals surface area contributed by atoms with E-state index in [4.69, 9.17) is 5.73 Å². The molecule has 3 N–H and O–H groups in total. The number of hydrogen-bond acceptors (Lipinski definition) is 5. The van der Waals surface area contributed by atoms with E-state index in [9.17, 15) is 4.79 Å². The molecule has 1 aromatic carbocycles. The highest BCUT2D eigenvalue weighted by molar-refractivity contribution is 7.21. The van der Waals surface area contributed by atoms with Crippen LogP contribution >= 0.6 is 22.7 Å². The van der Waals surface area contributed by atoms with Crippen LogP contribution in [0.2, 0.25) is 0 Å². The molecule has 0 aliphatic carbocycles. The first kappa shape index (κ1) is 13.1. The summed E-state index contributed by atoms with van der Waals surface area (Å²) in [7, 11) is 0. The molecule has 0 bridgehead atoms. The predicted molar refractivity (Wildman–Crippen MR) is 84.3 cm³/mol. The highest BCUT2D eigenvalue weighted by Gasteiger charge is 2.16. The highest BCUT2D eigenvalue weighted by atomic mass is 32.1. The largest absolute Gasteiger partial charge is 0.397 e. The number of rotatable bonds is 3. The minimum atomic E-state index is -0.142. The number of carbonyl (C=O) groups excluding carboxylic acids is 1. The molecule has 0 aliphatic heterocycles. The number of carbonyl (C=O) groups is 1. The molecule has 6 heteroatoms. The number of thiophene rings is 1. The van der Waals surface area contributed by atoms with Gasteiger partial charge in [0.15, 0.2) is 0 Å². The van der Waals surface area contributed by atoms with E-state index in [0.717, 1.165) is 20.7 Å². The van der Waals surface area contributed by atoms with Crippen molar-refractivity contribution in [1.82, 2.24) is 10.3 Å². The monoisotopic (exact) mass is 303 g/mol. The maximum atomic E-state index is 12.2. The van der Waals surface area contributed by atoms with Crippen LogP contribution in [0.5, 0.6) is 0 Å². The number of hydrogen-bond donors (Lipinski definition) is 2. The molecule has 0 spiro atoms. The number of aromatic nitrogens is 1. The Labute approximate surface area is 124 Å². The number of thiazole rings is 1. The van der Waals surface area contributed by atoms with E-state index in [-0.39, 0.29) is 5.91 Å². The second-order valence-corrected chi connectivity index (χ2v) is 6.48. The molecular formula is C14H13N3OS2. The summed E-state index contributed by atoms with van der Waals surface area (Å²) in [4.78, 5) is 16.9. The molecule has 3 aromatic rings. The van der Waals surface area contributed by atoms with E-state index in [2.05, 4.69) is 10.3 Å². The predicted octanol–water partition coefficient (Wildman–Crippen LogP) is 3.18. The Balaban J connectivity index is 1.86. The fourth-order valence-electron chi connectivity index (χ4n) is 1.98. The molecule has 0 unspecified atom stereocenters. The summed E-state index contributed by atoms with van der Waals surface area (Å²) in [5.41, 5.74) is 7.79. The van der Waals surface area contributed by atoms with Gasteiger partial charge < -0.3 is 11.1 Å². The molecule has 0 atom stereocenters. The van der Waals surface area contributed by atoms with Gasteiger partial charge in [0.2, 0.25) is 0 Å². The van der Waals surface area contributed by atoms with Crippen molar-refractivity contribution in [2.45, 2.75) is 13.5 Å². The van der Waals surface area contributed by atoms with Gasteiger partial charge in [-0.05, 0) is 19.1 Å². The lowest BCUT2D eigenvalue weighted by atomic mass is 10.1.